The molecule has 2 aromatic rings. The number of hydrogen-bond donors (Lipinski definition) is 0. The van der Waals surface area contributed by atoms with Gasteiger partial charge in [-0.1, -0.05) is 0 Å². The number of halogens is 3. The third kappa shape index (κ3) is 3.36. The summed E-state index contributed by atoms with van der Waals surface area (Å²) in [5.74, 6) is -0.0584. The second kappa shape index (κ2) is 6.62. The molecule has 0 saturated carbocycles. The predicted octanol–water partition coefficient (Wildman–Crippen LogP) is 4.11. The zero-order valence-corrected chi connectivity index (χ0v) is 15.4. The van der Waals surface area contributed by atoms with E-state index in [1.165, 1.54) is 11.3 Å². The Bertz CT molecular complexity index is 590. The summed E-state index contributed by atoms with van der Waals surface area (Å²) in [5, 5.41) is 4.18. The lowest BCUT2D eigenvalue weighted by atomic mass is 10.2. The van der Waals surface area contributed by atoms with Crippen LogP contribution in [0.3, 0.4) is 0 Å². The molecule has 0 amide bonds. The normalized spacial score (nSPS) is 10.9. The van der Waals surface area contributed by atoms with Gasteiger partial charge >= 0.3 is 0 Å². The molecule has 0 unspecified atom stereocenters. The molecule has 0 aliphatic rings. The Morgan fingerprint density at radius 3 is 2.74 bits per heavy atom. The first-order valence-electron chi connectivity index (χ1n) is 5.24. The fraction of sp³-hybridized carbons (Fsp3) is 0.273. The maximum atomic E-state index is 12.5. The average molecular weight is 473 g/mol. The lowest BCUT2D eigenvalue weighted by molar-refractivity contribution is 0.102. The minimum absolute atomic E-state index is 0.0584. The number of carbonyl (C=O) groups excluding carboxylic acids is 1. The van der Waals surface area contributed by atoms with E-state index in [2.05, 4.69) is 52.9 Å². The Morgan fingerprint density at radius 2 is 2.16 bits per heavy atom. The van der Waals surface area contributed by atoms with Crippen molar-refractivity contribution in [2.45, 2.75) is 6.54 Å². The number of rotatable bonds is 5. The Hall–Kier alpha value is -0.0200. The lowest BCUT2D eigenvalue weighted by Gasteiger charge is -2.05. The summed E-state index contributed by atoms with van der Waals surface area (Å²) >= 11 is 11.5. The number of ketones is 1. The zero-order valence-electron chi connectivity index (χ0n) is 9.82. The number of thiophene rings is 1. The largest absolute Gasteiger partial charge is 0.383 e. The number of carbonyl (C=O) groups is 1. The van der Waals surface area contributed by atoms with E-state index in [-0.39, 0.29) is 5.78 Å². The van der Waals surface area contributed by atoms with Crippen LogP contribution < -0.4 is 0 Å². The molecule has 102 valence electrons. The van der Waals surface area contributed by atoms with E-state index in [9.17, 15) is 4.79 Å². The van der Waals surface area contributed by atoms with Gasteiger partial charge in [-0.25, -0.2) is 0 Å². The van der Waals surface area contributed by atoms with Crippen LogP contribution in [0.25, 0.3) is 0 Å². The molecule has 19 heavy (non-hydrogen) atoms. The maximum absolute atomic E-state index is 12.5. The molecule has 2 aromatic heterocycles. The molecular formula is C11H9Br3N2O2S. The number of aromatic nitrogens is 2. The molecule has 0 aliphatic heterocycles. The lowest BCUT2D eigenvalue weighted by Crippen LogP contribution is -2.14. The van der Waals surface area contributed by atoms with Crippen LogP contribution in [0.2, 0.25) is 0 Å². The first-order valence-corrected chi connectivity index (χ1v) is 8.44. The molecule has 0 spiro atoms. The first-order chi connectivity index (χ1) is 9.04. The van der Waals surface area contributed by atoms with Crippen LogP contribution in [0.1, 0.15) is 15.4 Å². The Morgan fingerprint density at radius 1 is 1.42 bits per heavy atom. The smallest absolute Gasteiger partial charge is 0.222 e. The van der Waals surface area contributed by atoms with Crippen molar-refractivity contribution in [2.75, 3.05) is 13.7 Å². The van der Waals surface area contributed by atoms with Crippen molar-refractivity contribution >= 4 is 64.9 Å². The van der Waals surface area contributed by atoms with E-state index in [0.717, 1.165) is 8.26 Å². The number of ether oxygens (including phenoxy) is 1. The molecular weight excluding hydrogens is 464 g/mol. The summed E-state index contributed by atoms with van der Waals surface area (Å²) < 4.78 is 9.13. The van der Waals surface area contributed by atoms with Crippen LogP contribution in [-0.4, -0.2) is 29.3 Å². The summed E-state index contributed by atoms with van der Waals surface area (Å²) in [7, 11) is 1.62. The van der Waals surface area contributed by atoms with Crippen LogP contribution in [-0.2, 0) is 11.3 Å². The number of nitrogens with zero attached hydrogens (tertiary/aromatic N) is 2. The second-order valence-electron chi connectivity index (χ2n) is 3.62. The van der Waals surface area contributed by atoms with E-state index >= 15 is 0 Å². The maximum Gasteiger partial charge on any atom is 0.222 e. The van der Waals surface area contributed by atoms with Crippen molar-refractivity contribution in [2.24, 2.45) is 0 Å². The minimum atomic E-state index is -0.0584. The summed E-state index contributed by atoms with van der Waals surface area (Å²) in [6.07, 6.45) is 1.63. The van der Waals surface area contributed by atoms with E-state index in [0.29, 0.717) is 28.2 Å². The van der Waals surface area contributed by atoms with E-state index in [4.69, 9.17) is 4.74 Å². The highest BCUT2D eigenvalue weighted by Crippen LogP contribution is 2.34. The molecule has 0 aliphatic carbocycles. The molecule has 0 aromatic carbocycles. The zero-order chi connectivity index (χ0) is 14.0. The Kier molecular flexibility index (Phi) is 5.36. The van der Waals surface area contributed by atoms with Gasteiger partial charge in [0, 0.05) is 11.6 Å². The van der Waals surface area contributed by atoms with Crippen molar-refractivity contribution in [3.63, 3.8) is 0 Å². The van der Waals surface area contributed by atoms with Gasteiger partial charge in [0.1, 0.15) is 5.69 Å². The molecule has 2 rings (SSSR count). The van der Waals surface area contributed by atoms with Gasteiger partial charge in [-0.05, 0) is 53.9 Å². The van der Waals surface area contributed by atoms with Gasteiger partial charge in [-0.3, -0.25) is 9.48 Å². The van der Waals surface area contributed by atoms with E-state index in [1.54, 1.807) is 24.1 Å². The Labute approximate surface area is 139 Å². The van der Waals surface area contributed by atoms with Gasteiger partial charge in [-0.15, -0.1) is 11.3 Å². The molecule has 0 fully saturated rings. The summed E-state index contributed by atoms with van der Waals surface area (Å²) in [5.41, 5.74) is 0.540. The first kappa shape index (κ1) is 15.4. The highest BCUT2D eigenvalue weighted by atomic mass is 79.9. The molecule has 0 bridgehead atoms. The van der Waals surface area contributed by atoms with Gasteiger partial charge < -0.3 is 4.74 Å². The second-order valence-corrected chi connectivity index (χ2v) is 7.70. The van der Waals surface area contributed by atoms with Crippen LogP contribution in [0, 0.1) is 0 Å². The standard InChI is InChI=1S/C11H9Br3N2O2S/c1-18-3-2-16-9(7(13)5-15-16)10(17)8-4-6(12)11(14)19-8/h4-5H,2-3H2,1H3. The fourth-order valence-corrected chi connectivity index (χ4v) is 3.96. The van der Waals surface area contributed by atoms with Gasteiger partial charge in [0.15, 0.2) is 0 Å². The molecule has 8 heteroatoms. The van der Waals surface area contributed by atoms with Crippen LogP contribution in [0.4, 0.5) is 0 Å². The third-order valence-corrected chi connectivity index (χ3v) is 6.22. The quantitative estimate of drug-likeness (QED) is 0.615. The SMILES string of the molecule is COCCn1ncc(Br)c1C(=O)c1cc(Br)c(Br)s1. The van der Waals surface area contributed by atoms with E-state index < -0.39 is 0 Å². The highest BCUT2D eigenvalue weighted by Gasteiger charge is 2.21. The third-order valence-electron chi connectivity index (χ3n) is 2.39. The summed E-state index contributed by atoms with van der Waals surface area (Å²) in [4.78, 5) is 13.2. The highest BCUT2D eigenvalue weighted by molar-refractivity contribution is 9.13. The Balaban J connectivity index is 2.35. The van der Waals surface area contributed by atoms with Crippen LogP contribution in [0.15, 0.2) is 25.0 Å². The van der Waals surface area contributed by atoms with Gasteiger partial charge in [-0.2, -0.15) is 5.10 Å². The van der Waals surface area contributed by atoms with Crippen molar-refractivity contribution in [3.05, 3.63) is 35.6 Å². The summed E-state index contributed by atoms with van der Waals surface area (Å²) in [6, 6.07) is 1.80. The van der Waals surface area contributed by atoms with Gasteiger partial charge in [0.25, 0.3) is 0 Å². The van der Waals surface area contributed by atoms with Crippen LogP contribution >= 0.6 is 59.1 Å². The van der Waals surface area contributed by atoms with Gasteiger partial charge in [0.2, 0.25) is 5.78 Å². The monoisotopic (exact) mass is 470 g/mol. The molecule has 0 N–H and O–H groups in total. The number of methoxy groups -OCH3 is 1. The van der Waals surface area contributed by atoms with Crippen LogP contribution in [0.5, 0.6) is 0 Å². The summed E-state index contributed by atoms with van der Waals surface area (Å²) in [6.45, 7) is 1.04. The average Bonchev–Trinajstić information content (AvgIpc) is 2.90. The number of hydrogen-bond acceptors (Lipinski definition) is 4. The molecule has 4 nitrogen and oxygen atoms in total. The topological polar surface area (TPSA) is 44.1 Å². The molecule has 0 saturated heterocycles. The van der Waals surface area contributed by atoms with E-state index in [1.807, 2.05) is 0 Å². The van der Waals surface area contributed by atoms with Crippen molar-refractivity contribution in [1.29, 1.82) is 0 Å². The van der Waals surface area contributed by atoms with Crippen molar-refractivity contribution < 1.29 is 9.53 Å². The van der Waals surface area contributed by atoms with Gasteiger partial charge in [0.05, 0.1) is 32.5 Å². The molecule has 0 atom stereocenters. The molecule has 0 radical (unpaired) electrons. The predicted molar refractivity (Wildman–Crippen MR) is 85.0 cm³/mol. The van der Waals surface area contributed by atoms with Crippen molar-refractivity contribution in [3.8, 4) is 0 Å². The fourth-order valence-electron chi connectivity index (χ4n) is 1.51. The van der Waals surface area contributed by atoms with Crippen molar-refractivity contribution in [1.82, 2.24) is 9.78 Å². The minimum Gasteiger partial charge on any atom is -0.383 e. The molecule has 2 heterocycles.